The van der Waals surface area contributed by atoms with Gasteiger partial charge in [-0.05, 0) is 68.7 Å². The van der Waals surface area contributed by atoms with E-state index in [1.165, 1.54) is 10.4 Å². The van der Waals surface area contributed by atoms with Crippen LogP contribution in [0.2, 0.25) is 0 Å². The number of nitrogens with one attached hydrogen (secondary N) is 1. The Kier molecular flexibility index (Phi) is 6.99. The fourth-order valence-corrected chi connectivity index (χ4v) is 4.86. The van der Waals surface area contributed by atoms with Gasteiger partial charge in [-0.3, -0.25) is 4.79 Å². The van der Waals surface area contributed by atoms with E-state index in [9.17, 15) is 13.2 Å². The first kappa shape index (κ1) is 22.1. The lowest BCUT2D eigenvalue weighted by Crippen LogP contribution is -2.37. The molecule has 0 aromatic heterocycles. The maximum Gasteiger partial charge on any atom is 0.251 e. The van der Waals surface area contributed by atoms with Crippen molar-refractivity contribution >= 4 is 15.9 Å². The number of hydrogen-bond acceptors (Lipinski definition) is 5. The van der Waals surface area contributed by atoms with E-state index in [0.717, 1.165) is 24.2 Å². The molecular formula is C22H28N2O5S. The van der Waals surface area contributed by atoms with E-state index in [-0.39, 0.29) is 23.5 Å². The summed E-state index contributed by atoms with van der Waals surface area (Å²) in [4.78, 5) is 12.9. The molecule has 1 saturated heterocycles. The molecule has 0 radical (unpaired) electrons. The summed E-state index contributed by atoms with van der Waals surface area (Å²) in [5.74, 6) is 1.09. The molecule has 1 heterocycles. The summed E-state index contributed by atoms with van der Waals surface area (Å²) in [6, 6.07) is 11.6. The molecule has 0 spiro atoms. The van der Waals surface area contributed by atoms with Gasteiger partial charge in [0.05, 0.1) is 18.0 Å². The Hall–Kier alpha value is -2.58. The Labute approximate surface area is 178 Å². The molecule has 1 N–H and O–H groups in total. The molecule has 1 aliphatic heterocycles. The molecule has 1 amide bonds. The molecule has 3 rings (SSSR count). The number of methoxy groups -OCH3 is 1. The smallest absolute Gasteiger partial charge is 0.251 e. The molecule has 30 heavy (non-hydrogen) atoms. The number of aryl methyl sites for hydroxylation is 1. The Morgan fingerprint density at radius 3 is 2.37 bits per heavy atom. The molecular weight excluding hydrogens is 404 g/mol. The van der Waals surface area contributed by atoms with Crippen LogP contribution in [0.1, 0.15) is 35.7 Å². The monoisotopic (exact) mass is 432 g/mol. The third-order valence-electron chi connectivity index (χ3n) is 5.09. The molecule has 1 aliphatic rings. The Bertz CT molecular complexity index is 983. The van der Waals surface area contributed by atoms with Gasteiger partial charge in [-0.15, -0.1) is 0 Å². The van der Waals surface area contributed by atoms with Crippen molar-refractivity contribution in [2.75, 3.05) is 26.8 Å². The van der Waals surface area contributed by atoms with Gasteiger partial charge in [0.1, 0.15) is 18.1 Å². The SMILES string of the molecule is COc1ccc(OC[C@H](C)NC(=O)c2cc(S(=O)(=O)N3CCCC3)ccc2C)cc1. The molecule has 162 valence electrons. The number of carbonyl (C=O) groups excluding carboxylic acids is 1. The Morgan fingerprint density at radius 1 is 1.10 bits per heavy atom. The standard InChI is InChI=1S/C22H28N2O5S/c1-16-6-11-20(30(26,27)24-12-4-5-13-24)14-21(16)22(25)23-17(2)15-29-19-9-7-18(28-3)8-10-19/h6-11,14,17H,4-5,12-13,15H2,1-3H3,(H,23,25)/t17-/m0/s1. The minimum absolute atomic E-state index is 0.155. The van der Waals surface area contributed by atoms with Gasteiger partial charge in [-0.2, -0.15) is 4.31 Å². The first-order valence-corrected chi connectivity index (χ1v) is 11.4. The molecule has 0 bridgehead atoms. The van der Waals surface area contributed by atoms with Gasteiger partial charge >= 0.3 is 0 Å². The van der Waals surface area contributed by atoms with Crippen LogP contribution < -0.4 is 14.8 Å². The molecule has 2 aromatic carbocycles. The second-order valence-corrected chi connectivity index (χ2v) is 9.39. The molecule has 0 aliphatic carbocycles. The average Bonchev–Trinajstić information content (AvgIpc) is 3.28. The number of carbonyl (C=O) groups is 1. The minimum atomic E-state index is -3.57. The van der Waals surface area contributed by atoms with E-state index in [1.54, 1.807) is 50.4 Å². The molecule has 1 atom stereocenters. The van der Waals surface area contributed by atoms with E-state index in [1.807, 2.05) is 6.92 Å². The van der Waals surface area contributed by atoms with Gasteiger partial charge in [-0.25, -0.2) is 8.42 Å². The fraction of sp³-hybridized carbons (Fsp3) is 0.409. The predicted molar refractivity (Wildman–Crippen MR) is 115 cm³/mol. The third kappa shape index (κ3) is 5.12. The second-order valence-electron chi connectivity index (χ2n) is 7.45. The van der Waals surface area contributed by atoms with Crippen molar-refractivity contribution in [1.29, 1.82) is 0 Å². The van der Waals surface area contributed by atoms with Crippen molar-refractivity contribution in [3.63, 3.8) is 0 Å². The number of hydrogen-bond donors (Lipinski definition) is 1. The van der Waals surface area contributed by atoms with Crippen LogP contribution >= 0.6 is 0 Å². The van der Waals surface area contributed by atoms with E-state index in [0.29, 0.717) is 24.4 Å². The van der Waals surface area contributed by atoms with Gasteiger partial charge in [-0.1, -0.05) is 6.07 Å². The topological polar surface area (TPSA) is 84.9 Å². The average molecular weight is 433 g/mol. The van der Waals surface area contributed by atoms with E-state index < -0.39 is 10.0 Å². The highest BCUT2D eigenvalue weighted by atomic mass is 32.2. The quantitative estimate of drug-likeness (QED) is 0.693. The Balaban J connectivity index is 1.65. The zero-order valence-electron chi connectivity index (χ0n) is 17.6. The van der Waals surface area contributed by atoms with Crippen LogP contribution in [0.3, 0.4) is 0 Å². The summed E-state index contributed by atoms with van der Waals surface area (Å²) in [5, 5.41) is 2.88. The Morgan fingerprint density at radius 2 is 1.73 bits per heavy atom. The summed E-state index contributed by atoms with van der Waals surface area (Å²) < 4.78 is 37.9. The van der Waals surface area contributed by atoms with Gasteiger partial charge in [0.15, 0.2) is 0 Å². The number of amides is 1. The highest BCUT2D eigenvalue weighted by Crippen LogP contribution is 2.23. The fourth-order valence-electron chi connectivity index (χ4n) is 3.32. The van der Waals surface area contributed by atoms with Crippen LogP contribution in [-0.4, -0.2) is 51.5 Å². The normalized spacial score (nSPS) is 15.6. The molecule has 2 aromatic rings. The third-order valence-corrected chi connectivity index (χ3v) is 6.99. The van der Waals surface area contributed by atoms with Gasteiger partial charge in [0.25, 0.3) is 5.91 Å². The lowest BCUT2D eigenvalue weighted by Gasteiger charge is -2.18. The highest BCUT2D eigenvalue weighted by Gasteiger charge is 2.28. The zero-order valence-corrected chi connectivity index (χ0v) is 18.4. The van der Waals surface area contributed by atoms with Gasteiger partial charge in [0, 0.05) is 18.7 Å². The van der Waals surface area contributed by atoms with Crippen molar-refractivity contribution < 1.29 is 22.7 Å². The van der Waals surface area contributed by atoms with Crippen LogP contribution in [-0.2, 0) is 10.0 Å². The first-order chi connectivity index (χ1) is 14.3. The minimum Gasteiger partial charge on any atom is -0.497 e. The summed E-state index contributed by atoms with van der Waals surface area (Å²) in [5.41, 5.74) is 1.07. The maximum atomic E-state index is 12.8. The van der Waals surface area contributed by atoms with Crippen LogP contribution in [0.4, 0.5) is 0 Å². The van der Waals surface area contributed by atoms with Crippen molar-refractivity contribution in [2.24, 2.45) is 0 Å². The number of nitrogens with zero attached hydrogens (tertiary/aromatic N) is 1. The number of sulfonamides is 1. The maximum absolute atomic E-state index is 12.8. The largest absolute Gasteiger partial charge is 0.497 e. The van der Waals surface area contributed by atoms with E-state index >= 15 is 0 Å². The molecule has 1 fully saturated rings. The first-order valence-electron chi connectivity index (χ1n) is 10.00. The molecule has 0 unspecified atom stereocenters. The lowest BCUT2D eigenvalue weighted by atomic mass is 10.1. The van der Waals surface area contributed by atoms with Crippen LogP contribution in [0.5, 0.6) is 11.5 Å². The molecule has 7 nitrogen and oxygen atoms in total. The second kappa shape index (κ2) is 9.49. The zero-order chi connectivity index (χ0) is 21.7. The molecule has 8 heteroatoms. The highest BCUT2D eigenvalue weighted by molar-refractivity contribution is 7.89. The van der Waals surface area contributed by atoms with Crippen molar-refractivity contribution in [2.45, 2.75) is 37.6 Å². The molecule has 0 saturated carbocycles. The van der Waals surface area contributed by atoms with Crippen LogP contribution in [0.25, 0.3) is 0 Å². The summed E-state index contributed by atoms with van der Waals surface area (Å²) in [6.07, 6.45) is 1.73. The summed E-state index contributed by atoms with van der Waals surface area (Å²) in [6.45, 7) is 4.96. The van der Waals surface area contributed by atoms with Gasteiger partial charge in [0.2, 0.25) is 10.0 Å². The predicted octanol–water partition coefficient (Wildman–Crippen LogP) is 2.99. The summed E-state index contributed by atoms with van der Waals surface area (Å²) in [7, 11) is -1.98. The number of benzene rings is 2. The summed E-state index contributed by atoms with van der Waals surface area (Å²) >= 11 is 0. The van der Waals surface area contributed by atoms with Crippen molar-refractivity contribution in [3.8, 4) is 11.5 Å². The number of rotatable bonds is 8. The van der Waals surface area contributed by atoms with Crippen LogP contribution in [0, 0.1) is 6.92 Å². The van der Waals surface area contributed by atoms with E-state index in [2.05, 4.69) is 5.32 Å². The van der Waals surface area contributed by atoms with E-state index in [4.69, 9.17) is 9.47 Å². The van der Waals surface area contributed by atoms with Crippen LogP contribution in [0.15, 0.2) is 47.4 Å². The lowest BCUT2D eigenvalue weighted by molar-refractivity contribution is 0.0926. The van der Waals surface area contributed by atoms with Crippen molar-refractivity contribution in [1.82, 2.24) is 9.62 Å². The number of ether oxygens (including phenoxy) is 2. The van der Waals surface area contributed by atoms with Crippen molar-refractivity contribution in [3.05, 3.63) is 53.6 Å². The van der Waals surface area contributed by atoms with Gasteiger partial charge < -0.3 is 14.8 Å².